The van der Waals surface area contributed by atoms with Crippen LogP contribution in [0.4, 0.5) is 0 Å². The molecule has 1 heterocycles. The SMILES string of the molecule is Cc1ccc(S(=O)(=O)NCC(c2ccco2)N(C)C)cc1. The van der Waals surface area contributed by atoms with E-state index in [9.17, 15) is 8.42 Å². The number of aryl methyl sites for hydroxylation is 1. The maximum Gasteiger partial charge on any atom is 0.240 e. The van der Waals surface area contributed by atoms with Crippen molar-refractivity contribution in [1.82, 2.24) is 9.62 Å². The zero-order chi connectivity index (χ0) is 15.5. The summed E-state index contributed by atoms with van der Waals surface area (Å²) in [4.78, 5) is 2.18. The molecule has 0 amide bonds. The minimum absolute atomic E-state index is 0.153. The third-order valence-corrected chi connectivity index (χ3v) is 4.73. The largest absolute Gasteiger partial charge is 0.468 e. The van der Waals surface area contributed by atoms with Gasteiger partial charge in [0.25, 0.3) is 0 Å². The summed E-state index contributed by atoms with van der Waals surface area (Å²) in [6.45, 7) is 2.17. The molecule has 21 heavy (non-hydrogen) atoms. The van der Waals surface area contributed by atoms with Crippen LogP contribution < -0.4 is 4.72 Å². The lowest BCUT2D eigenvalue weighted by Gasteiger charge is -2.22. The molecular weight excluding hydrogens is 288 g/mol. The van der Waals surface area contributed by atoms with Gasteiger partial charge in [-0.3, -0.25) is 4.90 Å². The molecular formula is C15H20N2O3S. The van der Waals surface area contributed by atoms with Crippen LogP contribution in [-0.2, 0) is 10.0 Å². The van der Waals surface area contributed by atoms with Gasteiger partial charge in [0.05, 0.1) is 17.2 Å². The molecule has 1 N–H and O–H groups in total. The Morgan fingerprint density at radius 3 is 2.38 bits per heavy atom. The number of rotatable bonds is 6. The maximum atomic E-state index is 12.3. The monoisotopic (exact) mass is 308 g/mol. The molecule has 0 saturated carbocycles. The first-order valence-corrected chi connectivity index (χ1v) is 8.14. The summed E-state index contributed by atoms with van der Waals surface area (Å²) in [5, 5.41) is 0. The number of hydrogen-bond donors (Lipinski definition) is 1. The van der Waals surface area contributed by atoms with Gasteiger partial charge >= 0.3 is 0 Å². The van der Waals surface area contributed by atoms with Crippen LogP contribution in [0.15, 0.2) is 52.0 Å². The Bertz CT molecular complexity index is 661. The number of sulfonamides is 1. The highest BCUT2D eigenvalue weighted by molar-refractivity contribution is 7.89. The van der Waals surface area contributed by atoms with Crippen LogP contribution in [0.5, 0.6) is 0 Å². The highest BCUT2D eigenvalue weighted by atomic mass is 32.2. The fourth-order valence-corrected chi connectivity index (χ4v) is 3.05. The molecule has 2 aromatic rings. The average molecular weight is 308 g/mol. The molecule has 1 atom stereocenters. The van der Waals surface area contributed by atoms with E-state index in [0.717, 1.165) is 11.3 Å². The van der Waals surface area contributed by atoms with Crippen LogP contribution in [0.3, 0.4) is 0 Å². The first kappa shape index (κ1) is 15.8. The highest BCUT2D eigenvalue weighted by Gasteiger charge is 2.21. The second-order valence-corrected chi connectivity index (χ2v) is 6.93. The normalized spacial score (nSPS) is 13.5. The number of furan rings is 1. The molecule has 1 aromatic heterocycles. The third kappa shape index (κ3) is 3.93. The molecule has 1 unspecified atom stereocenters. The average Bonchev–Trinajstić information content (AvgIpc) is 2.93. The summed E-state index contributed by atoms with van der Waals surface area (Å²) >= 11 is 0. The Morgan fingerprint density at radius 2 is 1.86 bits per heavy atom. The van der Waals surface area contributed by atoms with Crippen LogP contribution in [0.25, 0.3) is 0 Å². The van der Waals surface area contributed by atoms with Gasteiger partial charge in [-0.1, -0.05) is 17.7 Å². The first-order chi connectivity index (χ1) is 9.90. The predicted molar refractivity (Wildman–Crippen MR) is 81.5 cm³/mol. The lowest BCUT2D eigenvalue weighted by atomic mass is 10.2. The van der Waals surface area contributed by atoms with Gasteiger partial charge in [-0.2, -0.15) is 0 Å². The van der Waals surface area contributed by atoms with Crippen molar-refractivity contribution in [3.05, 3.63) is 54.0 Å². The Hall–Kier alpha value is -1.63. The van der Waals surface area contributed by atoms with Crippen molar-refractivity contribution in [3.63, 3.8) is 0 Å². The number of likely N-dealkylation sites (N-methyl/N-ethyl adjacent to an activating group) is 1. The van der Waals surface area contributed by atoms with Crippen molar-refractivity contribution < 1.29 is 12.8 Å². The van der Waals surface area contributed by atoms with Gasteiger partial charge in [-0.15, -0.1) is 0 Å². The minimum Gasteiger partial charge on any atom is -0.468 e. The van der Waals surface area contributed by atoms with E-state index in [-0.39, 0.29) is 17.5 Å². The van der Waals surface area contributed by atoms with Gasteiger partial charge in [0.2, 0.25) is 10.0 Å². The summed E-state index contributed by atoms with van der Waals surface area (Å²) in [5.74, 6) is 0.728. The van der Waals surface area contributed by atoms with E-state index in [1.807, 2.05) is 32.0 Å². The highest BCUT2D eigenvalue weighted by Crippen LogP contribution is 2.19. The second kappa shape index (κ2) is 6.43. The Morgan fingerprint density at radius 1 is 1.19 bits per heavy atom. The quantitative estimate of drug-likeness (QED) is 0.888. The smallest absolute Gasteiger partial charge is 0.240 e. The van der Waals surface area contributed by atoms with E-state index in [2.05, 4.69) is 4.72 Å². The molecule has 0 aliphatic carbocycles. The van der Waals surface area contributed by atoms with Crippen molar-refractivity contribution in [2.45, 2.75) is 17.9 Å². The Kier molecular flexibility index (Phi) is 4.82. The topological polar surface area (TPSA) is 62.6 Å². The zero-order valence-electron chi connectivity index (χ0n) is 12.4. The third-order valence-electron chi connectivity index (χ3n) is 3.29. The Balaban J connectivity index is 2.11. The predicted octanol–water partition coefficient (Wildman–Crippen LogP) is 2.17. The van der Waals surface area contributed by atoms with Crippen LogP contribution in [0, 0.1) is 6.92 Å². The molecule has 1 aromatic carbocycles. The second-order valence-electron chi connectivity index (χ2n) is 5.16. The van der Waals surface area contributed by atoms with Gasteiger partial charge in [-0.25, -0.2) is 13.1 Å². The number of benzene rings is 1. The van der Waals surface area contributed by atoms with E-state index < -0.39 is 10.0 Å². The maximum absolute atomic E-state index is 12.3. The molecule has 0 fully saturated rings. The summed E-state index contributed by atoms with van der Waals surface area (Å²) in [6.07, 6.45) is 1.58. The zero-order valence-corrected chi connectivity index (χ0v) is 13.2. The molecule has 6 heteroatoms. The molecule has 114 valence electrons. The van der Waals surface area contributed by atoms with Crippen LogP contribution in [0.2, 0.25) is 0 Å². The van der Waals surface area contributed by atoms with Gasteiger partial charge in [0, 0.05) is 6.54 Å². The number of nitrogens with zero attached hydrogens (tertiary/aromatic N) is 1. The van der Waals surface area contributed by atoms with E-state index >= 15 is 0 Å². The van der Waals surface area contributed by atoms with Crippen molar-refractivity contribution in [2.75, 3.05) is 20.6 Å². The minimum atomic E-state index is -3.52. The summed E-state index contributed by atoms with van der Waals surface area (Å²) < 4.78 is 32.6. The number of nitrogens with one attached hydrogen (secondary N) is 1. The molecule has 0 bridgehead atoms. The molecule has 0 aliphatic heterocycles. The van der Waals surface area contributed by atoms with E-state index in [4.69, 9.17) is 4.42 Å². The summed E-state index contributed by atoms with van der Waals surface area (Å²) in [7, 11) is 0.250. The lowest BCUT2D eigenvalue weighted by Crippen LogP contribution is -2.34. The summed E-state index contributed by atoms with van der Waals surface area (Å²) in [5.41, 5.74) is 1.02. The summed E-state index contributed by atoms with van der Waals surface area (Å²) in [6, 6.07) is 10.3. The van der Waals surface area contributed by atoms with E-state index in [1.165, 1.54) is 0 Å². The van der Waals surface area contributed by atoms with E-state index in [0.29, 0.717) is 0 Å². The Labute approximate surface area is 125 Å². The van der Waals surface area contributed by atoms with Gasteiger partial charge in [0.15, 0.2) is 0 Å². The van der Waals surface area contributed by atoms with Crippen LogP contribution >= 0.6 is 0 Å². The van der Waals surface area contributed by atoms with Gasteiger partial charge in [0.1, 0.15) is 5.76 Å². The van der Waals surface area contributed by atoms with Crippen molar-refractivity contribution in [2.24, 2.45) is 0 Å². The fourth-order valence-electron chi connectivity index (χ4n) is 2.01. The van der Waals surface area contributed by atoms with Crippen molar-refractivity contribution >= 4 is 10.0 Å². The lowest BCUT2D eigenvalue weighted by molar-refractivity contribution is 0.259. The molecule has 2 rings (SSSR count). The molecule has 0 spiro atoms. The first-order valence-electron chi connectivity index (χ1n) is 6.66. The van der Waals surface area contributed by atoms with Gasteiger partial charge in [-0.05, 0) is 45.3 Å². The van der Waals surface area contributed by atoms with Crippen LogP contribution in [0.1, 0.15) is 17.4 Å². The van der Waals surface area contributed by atoms with Crippen LogP contribution in [-0.4, -0.2) is 34.0 Å². The van der Waals surface area contributed by atoms with E-state index in [1.54, 1.807) is 36.6 Å². The number of hydrogen-bond acceptors (Lipinski definition) is 4. The molecule has 5 nitrogen and oxygen atoms in total. The van der Waals surface area contributed by atoms with Crippen molar-refractivity contribution in [3.8, 4) is 0 Å². The molecule has 0 radical (unpaired) electrons. The standard InChI is InChI=1S/C15H20N2O3S/c1-12-6-8-13(9-7-12)21(18,19)16-11-14(17(2)3)15-5-4-10-20-15/h4-10,14,16H,11H2,1-3H3. The molecule has 0 aliphatic rings. The van der Waals surface area contributed by atoms with Crippen molar-refractivity contribution in [1.29, 1.82) is 0 Å². The van der Waals surface area contributed by atoms with Gasteiger partial charge < -0.3 is 4.42 Å². The molecule has 0 saturated heterocycles. The fraction of sp³-hybridized carbons (Fsp3) is 0.333.